The summed E-state index contributed by atoms with van der Waals surface area (Å²) in [7, 11) is 1.09. The maximum absolute atomic E-state index is 13.0. The third-order valence-electron chi connectivity index (χ3n) is 2.00. The van der Waals surface area contributed by atoms with E-state index in [2.05, 4.69) is 4.74 Å². The highest BCUT2D eigenvalue weighted by Gasteiger charge is 2.35. The van der Waals surface area contributed by atoms with Gasteiger partial charge >= 0.3 is 12.1 Å². The summed E-state index contributed by atoms with van der Waals surface area (Å²) < 4.78 is 54.5. The van der Waals surface area contributed by atoms with Crippen molar-refractivity contribution in [1.82, 2.24) is 0 Å². The summed E-state index contributed by atoms with van der Waals surface area (Å²) in [6, 6.07) is 1.04. The van der Waals surface area contributed by atoms with Crippen LogP contribution >= 0.6 is 11.6 Å². The number of ether oxygens (including phenoxy) is 1. The molecule has 0 saturated carbocycles. The van der Waals surface area contributed by atoms with Gasteiger partial charge in [0.05, 0.1) is 19.1 Å². The molecule has 0 bridgehead atoms. The number of alkyl halides is 3. The second kappa shape index (κ2) is 4.91. The lowest BCUT2D eigenvalue weighted by Gasteiger charge is -2.11. The fourth-order valence-electron chi connectivity index (χ4n) is 1.17. The normalized spacial score (nSPS) is 11.4. The van der Waals surface area contributed by atoms with Gasteiger partial charge in [-0.3, -0.25) is 4.79 Å². The molecule has 0 atom stereocenters. The Morgan fingerprint density at radius 3 is 2.47 bits per heavy atom. The molecule has 0 aliphatic carbocycles. The van der Waals surface area contributed by atoms with Gasteiger partial charge < -0.3 is 4.74 Å². The Morgan fingerprint density at radius 2 is 2.00 bits per heavy atom. The molecule has 0 heterocycles. The Hall–Kier alpha value is -1.30. The number of hydrogen-bond acceptors (Lipinski definition) is 2. The lowest BCUT2D eigenvalue weighted by Crippen LogP contribution is -2.11. The molecule has 0 fully saturated rings. The highest BCUT2D eigenvalue weighted by atomic mass is 35.5. The van der Waals surface area contributed by atoms with E-state index < -0.39 is 29.9 Å². The quantitative estimate of drug-likeness (QED) is 0.609. The summed E-state index contributed by atoms with van der Waals surface area (Å²) in [4.78, 5) is 10.9. The minimum Gasteiger partial charge on any atom is -0.469 e. The fourth-order valence-corrected chi connectivity index (χ4v) is 1.39. The van der Waals surface area contributed by atoms with E-state index >= 15 is 0 Å². The molecule has 0 aliphatic rings. The van der Waals surface area contributed by atoms with Crippen molar-refractivity contribution in [3.8, 4) is 0 Å². The van der Waals surface area contributed by atoms with E-state index in [1.165, 1.54) is 0 Å². The first-order valence-electron chi connectivity index (χ1n) is 4.37. The molecule has 0 N–H and O–H groups in total. The van der Waals surface area contributed by atoms with E-state index in [4.69, 9.17) is 11.6 Å². The molecule has 0 radical (unpaired) electrons. The molecule has 0 spiro atoms. The van der Waals surface area contributed by atoms with Crippen molar-refractivity contribution in [1.29, 1.82) is 0 Å². The van der Waals surface area contributed by atoms with Crippen molar-refractivity contribution >= 4 is 17.6 Å². The number of carbonyl (C=O) groups is 1. The van der Waals surface area contributed by atoms with Gasteiger partial charge in [-0.25, -0.2) is 4.39 Å². The number of halogens is 5. The van der Waals surface area contributed by atoms with Crippen molar-refractivity contribution in [3.63, 3.8) is 0 Å². The van der Waals surface area contributed by atoms with Crippen molar-refractivity contribution in [2.45, 2.75) is 12.6 Å². The van der Waals surface area contributed by atoms with Gasteiger partial charge in [0.15, 0.2) is 0 Å². The molecule has 0 aliphatic heterocycles. The molecule has 1 rings (SSSR count). The number of carbonyl (C=O) groups excluding carboxylic acids is 1. The fraction of sp³-hybridized carbons (Fsp3) is 0.300. The molecule has 17 heavy (non-hydrogen) atoms. The standard InChI is InChI=1S/C10H7ClF4O2/c1-17-9(16)3-5-2-6(10(13,14)15)8(12)4-7(5)11/h2,4H,3H2,1H3. The molecule has 0 saturated heterocycles. The third-order valence-corrected chi connectivity index (χ3v) is 2.36. The summed E-state index contributed by atoms with van der Waals surface area (Å²) in [5.41, 5.74) is -1.59. The first kappa shape index (κ1) is 13.8. The van der Waals surface area contributed by atoms with Gasteiger partial charge in [0.1, 0.15) is 5.82 Å². The van der Waals surface area contributed by atoms with Crippen LogP contribution < -0.4 is 0 Å². The average molecular weight is 271 g/mol. The van der Waals surface area contributed by atoms with Crippen LogP contribution in [0.1, 0.15) is 11.1 Å². The minimum atomic E-state index is -4.83. The number of rotatable bonds is 2. The van der Waals surface area contributed by atoms with Crippen LogP contribution in [0, 0.1) is 5.82 Å². The average Bonchev–Trinajstić information content (AvgIpc) is 2.19. The smallest absolute Gasteiger partial charge is 0.419 e. The monoisotopic (exact) mass is 270 g/mol. The van der Waals surface area contributed by atoms with Crippen molar-refractivity contribution < 1.29 is 27.1 Å². The van der Waals surface area contributed by atoms with Gasteiger partial charge in [-0.15, -0.1) is 0 Å². The van der Waals surface area contributed by atoms with Crippen LogP contribution in [-0.2, 0) is 22.1 Å². The number of esters is 1. The molecule has 1 aromatic carbocycles. The zero-order valence-corrected chi connectivity index (χ0v) is 9.32. The van der Waals surface area contributed by atoms with Crippen LogP contribution in [0.3, 0.4) is 0 Å². The lowest BCUT2D eigenvalue weighted by atomic mass is 10.1. The molecule has 0 aromatic heterocycles. The zero-order valence-electron chi connectivity index (χ0n) is 8.57. The summed E-state index contributed by atoms with van der Waals surface area (Å²) in [5, 5.41) is -0.249. The Kier molecular flexibility index (Phi) is 3.98. The van der Waals surface area contributed by atoms with Gasteiger partial charge in [-0.05, 0) is 17.7 Å². The third kappa shape index (κ3) is 3.33. The SMILES string of the molecule is COC(=O)Cc1cc(C(F)(F)F)c(F)cc1Cl. The van der Waals surface area contributed by atoms with Gasteiger partial charge in [-0.1, -0.05) is 11.6 Å². The van der Waals surface area contributed by atoms with Gasteiger partial charge in [0.2, 0.25) is 0 Å². The topological polar surface area (TPSA) is 26.3 Å². The molecular formula is C10H7ClF4O2. The Balaban J connectivity index is 3.20. The minimum absolute atomic E-state index is 0.132. The molecule has 2 nitrogen and oxygen atoms in total. The van der Waals surface area contributed by atoms with E-state index in [1.807, 2.05) is 0 Å². The Labute approximate surface area is 99.1 Å². The highest BCUT2D eigenvalue weighted by molar-refractivity contribution is 6.31. The summed E-state index contributed by atoms with van der Waals surface area (Å²) in [5.74, 6) is -2.23. The Morgan fingerprint density at radius 1 is 1.41 bits per heavy atom. The van der Waals surface area contributed by atoms with E-state index in [-0.39, 0.29) is 10.6 Å². The predicted molar refractivity (Wildman–Crippen MR) is 52.1 cm³/mol. The van der Waals surface area contributed by atoms with Crippen LogP contribution in [0.2, 0.25) is 5.02 Å². The molecule has 0 amide bonds. The van der Waals surface area contributed by atoms with E-state index in [9.17, 15) is 22.4 Å². The summed E-state index contributed by atoms with van der Waals surface area (Å²) in [6.45, 7) is 0. The lowest BCUT2D eigenvalue weighted by molar-refractivity contribution is -0.141. The van der Waals surface area contributed by atoms with Gasteiger partial charge in [0, 0.05) is 5.02 Å². The van der Waals surface area contributed by atoms with Crippen LogP contribution in [0.5, 0.6) is 0 Å². The van der Waals surface area contributed by atoms with Crippen molar-refractivity contribution in [2.75, 3.05) is 7.11 Å². The molecule has 1 aromatic rings. The Bertz CT molecular complexity index is 443. The summed E-state index contributed by atoms with van der Waals surface area (Å²) in [6.07, 6.45) is -5.28. The number of hydrogen-bond donors (Lipinski definition) is 0. The maximum atomic E-state index is 13.0. The van der Waals surface area contributed by atoms with Crippen molar-refractivity contribution in [2.24, 2.45) is 0 Å². The summed E-state index contributed by atoms with van der Waals surface area (Å²) >= 11 is 5.54. The van der Waals surface area contributed by atoms with Gasteiger partial charge in [0.25, 0.3) is 0 Å². The van der Waals surface area contributed by atoms with E-state index in [0.717, 1.165) is 7.11 Å². The number of benzene rings is 1. The molecule has 7 heteroatoms. The van der Waals surface area contributed by atoms with Crippen molar-refractivity contribution in [3.05, 3.63) is 34.1 Å². The van der Waals surface area contributed by atoms with Crippen LogP contribution in [0.15, 0.2) is 12.1 Å². The largest absolute Gasteiger partial charge is 0.469 e. The van der Waals surface area contributed by atoms with E-state index in [0.29, 0.717) is 12.1 Å². The number of methoxy groups -OCH3 is 1. The van der Waals surface area contributed by atoms with Crippen LogP contribution in [0.4, 0.5) is 17.6 Å². The van der Waals surface area contributed by atoms with Gasteiger partial charge in [-0.2, -0.15) is 13.2 Å². The second-order valence-corrected chi connectivity index (χ2v) is 3.58. The molecular weight excluding hydrogens is 264 g/mol. The predicted octanol–water partition coefficient (Wildman–Crippen LogP) is 3.21. The molecule has 94 valence electrons. The second-order valence-electron chi connectivity index (χ2n) is 3.17. The molecule has 0 unspecified atom stereocenters. The first-order chi connectivity index (χ1) is 7.75. The highest BCUT2D eigenvalue weighted by Crippen LogP contribution is 2.34. The zero-order chi connectivity index (χ0) is 13.2. The van der Waals surface area contributed by atoms with Crippen LogP contribution in [-0.4, -0.2) is 13.1 Å². The maximum Gasteiger partial charge on any atom is 0.419 e. The first-order valence-corrected chi connectivity index (χ1v) is 4.75. The van der Waals surface area contributed by atoms with Crippen LogP contribution in [0.25, 0.3) is 0 Å². The van der Waals surface area contributed by atoms with E-state index in [1.54, 1.807) is 0 Å².